The zero-order valence-electron chi connectivity index (χ0n) is 77.0. The smallest absolute Gasteiger partial charge is 0.364 e. The van der Waals surface area contributed by atoms with E-state index in [4.69, 9.17) is 56.8 Å². The van der Waals surface area contributed by atoms with Crippen LogP contribution in [0.15, 0.2) is 24.3 Å². The third-order valence-corrected chi connectivity index (χ3v) is 25.3. The first-order valence-electron chi connectivity index (χ1n) is 47.9. The number of hydrogen-bond acceptors (Lipinski definition) is 37. The molecule has 6 heterocycles. The molecule has 0 spiro atoms. The summed E-state index contributed by atoms with van der Waals surface area (Å²) in [5.41, 5.74) is 0. The number of aliphatic hydroxyl groups is 20. The Bertz CT molecular complexity index is 3270. The highest BCUT2D eigenvalue weighted by Crippen LogP contribution is 2.42. The Morgan fingerprint density at radius 2 is 0.803 bits per heavy atom. The van der Waals surface area contributed by atoms with Gasteiger partial charge in [-0.25, -0.2) is 9.59 Å². The van der Waals surface area contributed by atoms with Crippen molar-refractivity contribution in [2.45, 2.75) is 466 Å². The van der Waals surface area contributed by atoms with Gasteiger partial charge in [-0.2, -0.15) is 0 Å². The quantitative estimate of drug-likeness (QED) is 0.0253. The second-order valence-electron chi connectivity index (χ2n) is 36.0. The Morgan fingerprint density at radius 3 is 1.28 bits per heavy atom. The maximum atomic E-state index is 13.7. The molecule has 132 heavy (non-hydrogen) atoms. The summed E-state index contributed by atoms with van der Waals surface area (Å²) < 4.78 is 71.1. The molecular weight excluding hydrogens is 1750 g/mol. The van der Waals surface area contributed by atoms with E-state index in [2.05, 4.69) is 41.9 Å². The summed E-state index contributed by atoms with van der Waals surface area (Å²) in [6.45, 7) is -1.51. The number of carboxylic acids is 2. The van der Waals surface area contributed by atoms with Gasteiger partial charge in [-0.05, 0) is 44.9 Å². The second-order valence-corrected chi connectivity index (χ2v) is 36.0. The van der Waals surface area contributed by atoms with Crippen molar-refractivity contribution in [3.63, 3.8) is 0 Å². The molecule has 34 atom stereocenters. The maximum Gasteiger partial charge on any atom is 0.364 e. The van der Waals surface area contributed by atoms with Crippen LogP contribution in [-0.4, -0.2) is 396 Å². The number of aliphatic hydroxyl groups excluding tert-OH is 20. The lowest BCUT2D eigenvalue weighted by atomic mass is 9.88. The van der Waals surface area contributed by atoms with Crippen molar-refractivity contribution in [3.8, 4) is 0 Å². The molecule has 25 N–H and O–H groups in total. The summed E-state index contributed by atoms with van der Waals surface area (Å²) in [6, 6.07) is -5.02. The molecule has 0 aliphatic carbocycles. The van der Waals surface area contributed by atoms with Gasteiger partial charge in [0, 0.05) is 33.1 Å². The second kappa shape index (κ2) is 61.2. The summed E-state index contributed by atoms with van der Waals surface area (Å²) in [5.74, 6) is -13.2. The van der Waals surface area contributed by atoms with Crippen LogP contribution in [0.2, 0.25) is 0 Å². The van der Waals surface area contributed by atoms with E-state index >= 15 is 0 Å². The normalized spacial score (nSPS) is 34.4. The summed E-state index contributed by atoms with van der Waals surface area (Å²) in [5, 5.41) is 253. The molecule has 6 fully saturated rings. The third kappa shape index (κ3) is 35.7. The first-order chi connectivity index (χ1) is 63.1. The fraction of sp³-hybridized carbons (Fsp3) is 0.900. The minimum Gasteiger partial charge on any atom is -0.477 e. The maximum absolute atomic E-state index is 13.7. The van der Waals surface area contributed by atoms with Crippen LogP contribution in [0.4, 0.5) is 0 Å². The number of carboxylic acid groups (broad SMARTS) is 2. The summed E-state index contributed by atoms with van der Waals surface area (Å²) in [7, 11) is 0. The van der Waals surface area contributed by atoms with Crippen LogP contribution in [0.25, 0.3) is 0 Å². The molecule has 0 aromatic rings. The van der Waals surface area contributed by atoms with Gasteiger partial charge in [0.25, 0.3) is 11.6 Å². The fourth-order valence-corrected chi connectivity index (χ4v) is 17.5. The molecule has 42 nitrogen and oxygen atoms in total. The lowest BCUT2D eigenvalue weighted by Gasteiger charge is -2.51. The van der Waals surface area contributed by atoms with Crippen LogP contribution in [0.5, 0.6) is 0 Å². The Kier molecular flexibility index (Phi) is 53.9. The number of nitrogens with one attached hydrogen (secondary N) is 3. The van der Waals surface area contributed by atoms with Crippen molar-refractivity contribution in [2.75, 3.05) is 46.2 Å². The number of ether oxygens (including phenoxy) is 12. The number of carbonyl (C=O) groups excluding carboxylic acids is 3. The highest BCUT2D eigenvalue weighted by molar-refractivity contribution is 5.77. The van der Waals surface area contributed by atoms with Crippen LogP contribution in [0, 0.1) is 0 Å². The van der Waals surface area contributed by atoms with Crippen LogP contribution in [0.3, 0.4) is 0 Å². The van der Waals surface area contributed by atoms with E-state index in [1.165, 1.54) is 128 Å². The molecule has 42 heteroatoms. The molecule has 0 aromatic heterocycles. The predicted octanol–water partition coefficient (Wildman–Crippen LogP) is -1.12. The van der Waals surface area contributed by atoms with Gasteiger partial charge in [0.2, 0.25) is 17.7 Å². The minimum atomic E-state index is -3.36. The van der Waals surface area contributed by atoms with Crippen molar-refractivity contribution >= 4 is 29.7 Å². The van der Waals surface area contributed by atoms with Gasteiger partial charge in [-0.1, -0.05) is 205 Å². The standard InChI is InChI=1S/C90H159N3O39/c1-5-7-9-11-13-15-17-19-20-21-22-23-24-25-26-27-28-30-32-34-36-38-40-42-64(106)93-54(55(101)41-39-37-35-33-31-29-18-16-14-12-10-8-6-2)50-121-84-74(114)72(112)78(61(48-97)124-84)128-85-75(115)73(113)77(62(49-98)125-85)127-83-66(92-53(4)100)79(71(111)63(126-83)51-122-89(87(117)118)43-56(102)65(91-52(3)99)80(130-89)68(108)58(104)45-94)129-86-76(116)82(70(110)60(47-96)123-86)132-90(88(119)120)44-57(103)67(107)81(131-90)69(109)59(105)46-95/h19-20,39,41,54-63,65-86,94-98,101-105,107-116H,5-18,21-38,40,42-51H2,1-4H3,(H,91,99)(H,92,100)(H,93,106)(H,117,118)(H,119,120)/b20-19-,41-39+/t54-,55+,56?,57?,58+,59+,60?,61?,62?,63?,65+,66?,67+,68+,69+,70-,71-,72+,73+,74?,75?,76?,77-,78+,79+,80?,81?,82-,83-,84+,85-,86-,89+,90-/m0/s1. The van der Waals surface area contributed by atoms with Crippen molar-refractivity contribution in [1.82, 2.24) is 16.0 Å². The van der Waals surface area contributed by atoms with E-state index in [0.717, 1.165) is 84.5 Å². The van der Waals surface area contributed by atoms with Gasteiger partial charge in [0.05, 0.1) is 76.6 Å². The summed E-state index contributed by atoms with van der Waals surface area (Å²) in [6.07, 6.45) is -20.2. The van der Waals surface area contributed by atoms with E-state index in [1.807, 2.05) is 6.08 Å². The molecule has 6 saturated heterocycles. The van der Waals surface area contributed by atoms with Crippen molar-refractivity contribution in [3.05, 3.63) is 24.3 Å². The number of rotatable bonds is 65. The van der Waals surface area contributed by atoms with Gasteiger partial charge in [-0.15, -0.1) is 0 Å². The average Bonchev–Trinajstić information content (AvgIpc) is 0.764. The van der Waals surface area contributed by atoms with E-state index in [-0.39, 0.29) is 12.3 Å². The summed E-state index contributed by atoms with van der Waals surface area (Å²) >= 11 is 0. The monoisotopic (exact) mass is 1910 g/mol. The minimum absolute atomic E-state index is 0.128. The first kappa shape index (κ1) is 116. The Hall–Kier alpha value is -4.45. The molecule has 0 radical (unpaired) electrons. The molecule has 0 aromatic carbocycles. The van der Waals surface area contributed by atoms with Crippen LogP contribution < -0.4 is 16.0 Å². The van der Waals surface area contributed by atoms with E-state index in [0.29, 0.717) is 12.8 Å². The number of hydrogen-bond donors (Lipinski definition) is 25. The topological polar surface area (TPSA) is 677 Å². The Morgan fingerprint density at radius 1 is 0.409 bits per heavy atom. The van der Waals surface area contributed by atoms with Crippen molar-refractivity contribution in [1.29, 1.82) is 0 Å². The average molecular weight is 1910 g/mol. The molecule has 6 aliphatic heterocycles. The van der Waals surface area contributed by atoms with Gasteiger partial charge < -0.3 is 185 Å². The van der Waals surface area contributed by atoms with Crippen molar-refractivity contribution < 1.29 is 193 Å². The third-order valence-electron chi connectivity index (χ3n) is 25.3. The first-order valence-corrected chi connectivity index (χ1v) is 47.9. The lowest BCUT2D eigenvalue weighted by Crippen LogP contribution is -2.71. The molecule has 768 valence electrons. The predicted molar refractivity (Wildman–Crippen MR) is 465 cm³/mol. The molecule has 0 saturated carbocycles. The number of unbranched alkanes of at least 4 members (excludes halogenated alkanes) is 30. The van der Waals surface area contributed by atoms with Gasteiger partial charge >= 0.3 is 11.9 Å². The molecular formula is C90H159N3O39. The fourth-order valence-electron chi connectivity index (χ4n) is 17.5. The zero-order valence-corrected chi connectivity index (χ0v) is 77.0. The Balaban J connectivity index is 1.18. The van der Waals surface area contributed by atoms with Crippen LogP contribution in [0.1, 0.15) is 259 Å². The van der Waals surface area contributed by atoms with Crippen molar-refractivity contribution in [2.24, 2.45) is 0 Å². The molecule has 0 bridgehead atoms. The van der Waals surface area contributed by atoms with E-state index in [9.17, 15) is 136 Å². The Labute approximate surface area is 772 Å². The molecule has 6 aliphatic rings. The lowest BCUT2D eigenvalue weighted by molar-refractivity contribution is -0.393. The van der Waals surface area contributed by atoms with Crippen LogP contribution >= 0.6 is 0 Å². The molecule has 6 rings (SSSR count). The van der Waals surface area contributed by atoms with Crippen LogP contribution in [-0.2, 0) is 80.8 Å². The highest BCUT2D eigenvalue weighted by Gasteiger charge is 2.63. The zero-order chi connectivity index (χ0) is 97.2. The van der Waals surface area contributed by atoms with Gasteiger partial charge in [-0.3, -0.25) is 14.4 Å². The number of carbonyl (C=O) groups is 5. The number of allylic oxidation sites excluding steroid dienone is 3. The largest absolute Gasteiger partial charge is 0.477 e. The van der Waals surface area contributed by atoms with E-state index in [1.54, 1.807) is 6.08 Å². The van der Waals surface area contributed by atoms with Gasteiger partial charge in [0.15, 0.2) is 25.2 Å². The number of aliphatic carboxylic acids is 2. The SMILES string of the molecule is CCCCCCCC/C=C\CCCCCCCCCCCCCCCC(=O)N[C@@H](CO[C@@H]1OC(CO)[C@@H](O[C@@H]2OC(CO)[C@H](O[C@@H]3OC(CO[C@]4(C(=O)O)CC(O)[C@@H](NC(C)=O)C([C@H](O)[C@H](O)CO)O4)[C@H](O)[C@H](O[C@@H]4OC(CO)[C@H](O)[C@H](O[C@]5(C(=O)O)CC(O)[C@@H](O)C([C@H](O)[C@H](O)CO)O5)C4O)C3NC(C)=O)[C@H](O)C2O)[C@H](O)C1O)[C@H](O)/C=C/CCCCCCCCCCCCC. The number of amides is 3. The van der Waals surface area contributed by atoms with Gasteiger partial charge in [0.1, 0.15) is 140 Å². The summed E-state index contributed by atoms with van der Waals surface area (Å²) in [4.78, 5) is 66.3. The molecule has 3 amide bonds. The highest BCUT2D eigenvalue weighted by atomic mass is 16.8. The van der Waals surface area contributed by atoms with E-state index < -0.39 is 290 Å². The molecule has 12 unspecified atom stereocenters.